The lowest BCUT2D eigenvalue weighted by Crippen LogP contribution is -2.38. The number of rotatable bonds is 3. The highest BCUT2D eigenvalue weighted by Gasteiger charge is 2.30. The Balaban J connectivity index is 2.37. The minimum absolute atomic E-state index is 0.121. The van der Waals surface area contributed by atoms with Gasteiger partial charge >= 0.3 is 0 Å². The smallest absolute Gasteiger partial charge is 0.146 e. The largest absolute Gasteiger partial charge is 0.376 e. The van der Waals surface area contributed by atoms with Crippen LogP contribution >= 0.6 is 0 Å². The molecule has 3 atom stereocenters. The Bertz CT molecular complexity index is 422. The average Bonchev–Trinajstić information content (AvgIpc) is 2.74. The normalized spacial score (nSPS) is 25.2. The van der Waals surface area contributed by atoms with Crippen LogP contribution in [0.3, 0.4) is 0 Å². The molecule has 2 N–H and O–H groups in total. The first-order valence-corrected chi connectivity index (χ1v) is 6.40. The predicted molar refractivity (Wildman–Crippen MR) is 71.2 cm³/mol. The second-order valence-electron chi connectivity index (χ2n) is 5.01. The number of likely N-dealkylation sites (N-methyl/N-ethyl adjacent to an activating group) is 1. The summed E-state index contributed by atoms with van der Waals surface area (Å²) in [6.45, 7) is 4.64. The van der Waals surface area contributed by atoms with Crippen molar-refractivity contribution in [1.82, 2.24) is 0 Å². The summed E-state index contributed by atoms with van der Waals surface area (Å²) in [4.78, 5) is 1.98. The molecule has 1 aromatic rings. The number of anilines is 1. The van der Waals surface area contributed by atoms with Crippen molar-refractivity contribution in [3.05, 3.63) is 29.6 Å². The maximum Gasteiger partial charge on any atom is 0.146 e. The lowest BCUT2D eigenvalue weighted by Gasteiger charge is -2.31. The van der Waals surface area contributed by atoms with Crippen molar-refractivity contribution in [2.75, 3.05) is 18.6 Å². The van der Waals surface area contributed by atoms with Crippen LogP contribution in [0.1, 0.15) is 31.9 Å². The summed E-state index contributed by atoms with van der Waals surface area (Å²) in [6.07, 6.45) is 1.04. The highest BCUT2D eigenvalue weighted by Crippen LogP contribution is 2.32. The molecule has 0 saturated carbocycles. The number of hydrogen-bond donors (Lipinski definition) is 1. The molecule has 100 valence electrons. The SMILES string of the molecule is CC1OCCC1N(C)c1c(F)cccc1[C@H](C)N. The van der Waals surface area contributed by atoms with Crippen molar-refractivity contribution in [3.63, 3.8) is 0 Å². The molecule has 2 rings (SSSR count). The second kappa shape index (κ2) is 5.24. The number of nitrogens with two attached hydrogens (primary N) is 1. The van der Waals surface area contributed by atoms with E-state index in [0.717, 1.165) is 18.6 Å². The first-order chi connectivity index (χ1) is 8.52. The molecule has 1 aliphatic rings. The summed E-state index contributed by atoms with van der Waals surface area (Å²) < 4.78 is 19.7. The van der Waals surface area contributed by atoms with Crippen LogP contribution in [0.4, 0.5) is 10.1 Å². The minimum Gasteiger partial charge on any atom is -0.376 e. The fraction of sp³-hybridized carbons (Fsp3) is 0.571. The Morgan fingerprint density at radius 3 is 2.78 bits per heavy atom. The van der Waals surface area contributed by atoms with Crippen molar-refractivity contribution in [3.8, 4) is 0 Å². The van der Waals surface area contributed by atoms with Crippen molar-refractivity contribution < 1.29 is 9.13 Å². The molecule has 2 unspecified atom stereocenters. The summed E-state index contributed by atoms with van der Waals surface area (Å²) in [7, 11) is 1.92. The maximum atomic E-state index is 14.1. The van der Waals surface area contributed by atoms with E-state index in [4.69, 9.17) is 10.5 Å². The Morgan fingerprint density at radius 2 is 2.22 bits per heavy atom. The first-order valence-electron chi connectivity index (χ1n) is 6.40. The molecule has 1 aromatic carbocycles. The standard InChI is InChI=1S/C14H21FN2O/c1-9(16)11-5-4-6-12(15)14(11)17(3)13-7-8-18-10(13)2/h4-6,9-10,13H,7-8,16H2,1-3H3/t9-,10?,13?/m0/s1. The number of halogens is 1. The van der Waals surface area contributed by atoms with Gasteiger partial charge in [0.25, 0.3) is 0 Å². The molecule has 3 nitrogen and oxygen atoms in total. The molecule has 0 amide bonds. The van der Waals surface area contributed by atoms with Crippen LogP contribution in [0, 0.1) is 5.82 Å². The van der Waals surface area contributed by atoms with E-state index in [-0.39, 0.29) is 24.0 Å². The van der Waals surface area contributed by atoms with Gasteiger partial charge in [0.2, 0.25) is 0 Å². The Kier molecular flexibility index (Phi) is 3.88. The zero-order valence-electron chi connectivity index (χ0n) is 11.2. The molecule has 1 fully saturated rings. The summed E-state index contributed by atoms with van der Waals surface area (Å²) in [5.41, 5.74) is 7.38. The third-order valence-corrected chi connectivity index (χ3v) is 3.69. The van der Waals surface area contributed by atoms with Crippen LogP contribution in [0.5, 0.6) is 0 Å². The van der Waals surface area contributed by atoms with Crippen LogP contribution in [0.2, 0.25) is 0 Å². The molecule has 1 saturated heterocycles. The molecule has 0 bridgehead atoms. The van der Waals surface area contributed by atoms with Crippen molar-refractivity contribution in [2.24, 2.45) is 5.73 Å². The lowest BCUT2D eigenvalue weighted by molar-refractivity contribution is 0.118. The molecule has 0 aliphatic carbocycles. The number of hydrogen-bond acceptors (Lipinski definition) is 3. The Hall–Kier alpha value is -1.13. The highest BCUT2D eigenvalue weighted by atomic mass is 19.1. The van der Waals surface area contributed by atoms with Gasteiger partial charge in [0.1, 0.15) is 5.82 Å². The van der Waals surface area contributed by atoms with Gasteiger partial charge in [-0.3, -0.25) is 0 Å². The van der Waals surface area contributed by atoms with Crippen molar-refractivity contribution in [1.29, 1.82) is 0 Å². The molecule has 1 aliphatic heterocycles. The highest BCUT2D eigenvalue weighted by molar-refractivity contribution is 5.56. The number of para-hydroxylation sites is 1. The third kappa shape index (κ3) is 2.35. The van der Waals surface area contributed by atoms with E-state index in [1.54, 1.807) is 6.07 Å². The monoisotopic (exact) mass is 252 g/mol. The van der Waals surface area contributed by atoms with Gasteiger partial charge in [-0.15, -0.1) is 0 Å². The molecule has 0 radical (unpaired) electrons. The van der Waals surface area contributed by atoms with Gasteiger partial charge in [0.05, 0.1) is 17.8 Å². The fourth-order valence-corrected chi connectivity index (χ4v) is 2.67. The average molecular weight is 252 g/mol. The first kappa shape index (κ1) is 13.3. The lowest BCUT2D eigenvalue weighted by atomic mass is 10.0. The van der Waals surface area contributed by atoms with Gasteiger partial charge < -0.3 is 15.4 Å². The van der Waals surface area contributed by atoms with E-state index < -0.39 is 0 Å². The number of benzene rings is 1. The van der Waals surface area contributed by atoms with E-state index >= 15 is 0 Å². The van der Waals surface area contributed by atoms with Gasteiger partial charge in [-0.25, -0.2) is 4.39 Å². The summed E-state index contributed by atoms with van der Waals surface area (Å²) >= 11 is 0. The van der Waals surface area contributed by atoms with Gasteiger partial charge in [-0.05, 0) is 31.9 Å². The van der Waals surface area contributed by atoms with Crippen molar-refractivity contribution >= 4 is 5.69 Å². The van der Waals surface area contributed by atoms with Gasteiger partial charge in [0.15, 0.2) is 0 Å². The van der Waals surface area contributed by atoms with Gasteiger partial charge in [0, 0.05) is 19.7 Å². The second-order valence-corrected chi connectivity index (χ2v) is 5.01. The minimum atomic E-state index is -0.216. The number of ether oxygens (including phenoxy) is 1. The predicted octanol–water partition coefficient (Wildman–Crippen LogP) is 2.46. The molecule has 0 aromatic heterocycles. The van der Waals surface area contributed by atoms with Gasteiger partial charge in [-0.1, -0.05) is 12.1 Å². The molecule has 18 heavy (non-hydrogen) atoms. The molecular formula is C14H21FN2O. The van der Waals surface area contributed by atoms with E-state index in [1.165, 1.54) is 6.07 Å². The topological polar surface area (TPSA) is 38.5 Å². The van der Waals surface area contributed by atoms with E-state index in [0.29, 0.717) is 5.69 Å². The van der Waals surface area contributed by atoms with Gasteiger partial charge in [-0.2, -0.15) is 0 Å². The van der Waals surface area contributed by atoms with Crippen LogP contribution < -0.4 is 10.6 Å². The quantitative estimate of drug-likeness (QED) is 0.898. The molecule has 4 heteroatoms. The van der Waals surface area contributed by atoms with E-state index in [1.807, 2.05) is 31.9 Å². The zero-order valence-corrected chi connectivity index (χ0v) is 11.2. The summed E-state index contributed by atoms with van der Waals surface area (Å²) in [5.74, 6) is -0.216. The maximum absolute atomic E-state index is 14.1. The summed E-state index contributed by atoms with van der Waals surface area (Å²) in [6, 6.07) is 5.10. The fourth-order valence-electron chi connectivity index (χ4n) is 2.67. The van der Waals surface area contributed by atoms with Crippen molar-refractivity contribution in [2.45, 2.75) is 38.5 Å². The Morgan fingerprint density at radius 1 is 1.50 bits per heavy atom. The zero-order chi connectivity index (χ0) is 13.3. The molecule has 0 spiro atoms. The third-order valence-electron chi connectivity index (χ3n) is 3.69. The van der Waals surface area contributed by atoms with E-state index in [2.05, 4.69) is 0 Å². The summed E-state index contributed by atoms with van der Waals surface area (Å²) in [5, 5.41) is 0. The molecule has 1 heterocycles. The van der Waals surface area contributed by atoms with Crippen LogP contribution in [0.25, 0.3) is 0 Å². The Labute approximate surface area is 108 Å². The van der Waals surface area contributed by atoms with Crippen LogP contribution in [-0.2, 0) is 4.74 Å². The van der Waals surface area contributed by atoms with Crippen LogP contribution in [0.15, 0.2) is 18.2 Å². The number of nitrogens with zero attached hydrogens (tertiary/aromatic N) is 1. The van der Waals surface area contributed by atoms with Crippen LogP contribution in [-0.4, -0.2) is 25.8 Å². The van der Waals surface area contributed by atoms with E-state index in [9.17, 15) is 4.39 Å². The molecular weight excluding hydrogens is 231 g/mol.